The smallest absolute Gasteiger partial charge is 0.264 e. The van der Waals surface area contributed by atoms with Crippen molar-refractivity contribution in [3.63, 3.8) is 0 Å². The first-order valence-corrected chi connectivity index (χ1v) is 12.0. The van der Waals surface area contributed by atoms with Crippen molar-refractivity contribution in [1.29, 1.82) is 0 Å². The molecule has 6 heteroatoms. The second-order valence-corrected chi connectivity index (χ2v) is 9.55. The van der Waals surface area contributed by atoms with Gasteiger partial charge >= 0.3 is 0 Å². The van der Waals surface area contributed by atoms with E-state index in [1.165, 1.54) is 26.6 Å². The molecule has 0 aliphatic carbocycles. The molecule has 4 nitrogen and oxygen atoms in total. The molecule has 3 rings (SSSR count). The van der Waals surface area contributed by atoms with Crippen molar-refractivity contribution in [2.45, 2.75) is 55.7 Å². The van der Waals surface area contributed by atoms with Gasteiger partial charge in [-0.1, -0.05) is 62.7 Å². The third-order valence-electron chi connectivity index (χ3n) is 4.75. The van der Waals surface area contributed by atoms with Crippen LogP contribution in [0, 0.1) is 0 Å². The van der Waals surface area contributed by atoms with E-state index in [0.717, 1.165) is 31.4 Å². The molecule has 146 valence electrons. The van der Waals surface area contributed by atoms with Gasteiger partial charge in [0.05, 0.1) is 17.1 Å². The first kappa shape index (κ1) is 20.2. The average Bonchev–Trinajstić information content (AvgIpc) is 2.61. The quantitative estimate of drug-likeness (QED) is 0.590. The lowest BCUT2D eigenvalue weighted by atomic mass is 10.0. The molecule has 1 aliphatic heterocycles. The van der Waals surface area contributed by atoms with E-state index in [-0.39, 0.29) is 5.75 Å². The van der Waals surface area contributed by atoms with Gasteiger partial charge in [0, 0.05) is 16.3 Å². The Labute approximate surface area is 166 Å². The maximum Gasteiger partial charge on any atom is 0.264 e. The van der Waals surface area contributed by atoms with Crippen LogP contribution in [-0.2, 0) is 23.0 Å². The van der Waals surface area contributed by atoms with Crippen LogP contribution in [0.5, 0.6) is 0 Å². The summed E-state index contributed by atoms with van der Waals surface area (Å²) in [6, 6.07) is 12.8. The predicted octanol–water partition coefficient (Wildman–Crippen LogP) is 5.47. The van der Waals surface area contributed by atoms with Gasteiger partial charge in [0.15, 0.2) is 0 Å². The Morgan fingerprint density at radius 2 is 1.67 bits per heavy atom. The molecule has 0 radical (unpaired) electrons. The van der Waals surface area contributed by atoms with Crippen molar-refractivity contribution < 1.29 is 13.0 Å². The summed E-state index contributed by atoms with van der Waals surface area (Å²) in [5.74, 6) is -0.216. The first-order valence-electron chi connectivity index (χ1n) is 9.59. The molecule has 2 aromatic carbocycles. The van der Waals surface area contributed by atoms with E-state index in [9.17, 15) is 8.42 Å². The summed E-state index contributed by atoms with van der Waals surface area (Å²) in [4.78, 5) is 4.76. The van der Waals surface area contributed by atoms with Gasteiger partial charge in [-0.25, -0.2) is 0 Å². The normalized spacial score (nSPS) is 13.4. The highest BCUT2D eigenvalue weighted by molar-refractivity contribution is 7.99. The van der Waals surface area contributed by atoms with E-state index in [2.05, 4.69) is 55.1 Å². The van der Waals surface area contributed by atoms with Gasteiger partial charge in [0.2, 0.25) is 0 Å². The largest absolute Gasteiger partial charge is 0.339 e. The van der Waals surface area contributed by atoms with Crippen LogP contribution in [0.2, 0.25) is 0 Å². The van der Waals surface area contributed by atoms with Crippen LogP contribution in [0.15, 0.2) is 46.2 Å². The molecule has 0 spiro atoms. The zero-order valence-corrected chi connectivity index (χ0v) is 17.6. The van der Waals surface area contributed by atoms with Crippen molar-refractivity contribution in [2.24, 2.45) is 0 Å². The Hall–Kier alpha value is -1.50. The summed E-state index contributed by atoms with van der Waals surface area (Å²) in [7, 11) is -3.95. The van der Waals surface area contributed by atoms with Crippen molar-refractivity contribution in [3.05, 3.63) is 47.5 Å². The number of hydrogen-bond donors (Lipinski definition) is 1. The number of rotatable bonds is 8. The van der Waals surface area contributed by atoms with Crippen LogP contribution in [-0.4, -0.2) is 25.3 Å². The molecule has 0 fully saturated rings. The Kier molecular flexibility index (Phi) is 6.50. The lowest BCUT2D eigenvalue weighted by molar-refractivity contribution is 0.481. The van der Waals surface area contributed by atoms with Crippen molar-refractivity contribution >= 4 is 33.3 Å². The van der Waals surface area contributed by atoms with Gasteiger partial charge in [0.25, 0.3) is 10.1 Å². The zero-order valence-electron chi connectivity index (χ0n) is 15.9. The third-order valence-corrected chi connectivity index (χ3v) is 6.78. The summed E-state index contributed by atoms with van der Waals surface area (Å²) < 4.78 is 31.6. The molecule has 0 amide bonds. The summed E-state index contributed by atoms with van der Waals surface area (Å²) >= 11 is 1.82. The van der Waals surface area contributed by atoms with E-state index in [1.807, 2.05) is 11.8 Å². The number of hydrogen-bond acceptors (Lipinski definition) is 4. The molecule has 0 saturated heterocycles. The molecule has 1 heterocycles. The Morgan fingerprint density at radius 3 is 2.37 bits per heavy atom. The average molecular weight is 406 g/mol. The second kappa shape index (κ2) is 8.67. The van der Waals surface area contributed by atoms with Gasteiger partial charge in [-0.15, -0.1) is 0 Å². The highest BCUT2D eigenvalue weighted by Gasteiger charge is 2.27. The van der Waals surface area contributed by atoms with E-state index in [0.29, 0.717) is 13.0 Å². The van der Waals surface area contributed by atoms with Gasteiger partial charge in [-0.3, -0.25) is 4.55 Å². The lowest BCUT2D eigenvalue weighted by Crippen LogP contribution is -2.25. The molecule has 1 aliphatic rings. The number of anilines is 2. The van der Waals surface area contributed by atoms with E-state index < -0.39 is 10.1 Å². The zero-order chi connectivity index (χ0) is 19.4. The summed E-state index contributed by atoms with van der Waals surface area (Å²) in [6.07, 6.45) is 4.55. The molecule has 27 heavy (non-hydrogen) atoms. The minimum absolute atomic E-state index is 0.216. The summed E-state index contributed by atoms with van der Waals surface area (Å²) in [5.41, 5.74) is 4.98. The summed E-state index contributed by atoms with van der Waals surface area (Å²) in [5, 5.41) is 0. The van der Waals surface area contributed by atoms with Crippen molar-refractivity contribution in [2.75, 3.05) is 17.2 Å². The Balaban J connectivity index is 2.05. The predicted molar refractivity (Wildman–Crippen MR) is 113 cm³/mol. The lowest BCUT2D eigenvalue weighted by Gasteiger charge is -2.35. The van der Waals surface area contributed by atoms with Crippen LogP contribution in [0.1, 0.15) is 44.2 Å². The van der Waals surface area contributed by atoms with Crippen LogP contribution in [0.25, 0.3) is 0 Å². The van der Waals surface area contributed by atoms with Crippen molar-refractivity contribution in [3.8, 4) is 0 Å². The minimum atomic E-state index is -3.95. The van der Waals surface area contributed by atoms with Crippen LogP contribution in [0.3, 0.4) is 0 Å². The van der Waals surface area contributed by atoms with E-state index in [4.69, 9.17) is 4.55 Å². The molecule has 0 atom stereocenters. The number of para-hydroxylation sites is 1. The van der Waals surface area contributed by atoms with Gasteiger partial charge in [-0.2, -0.15) is 8.42 Å². The van der Waals surface area contributed by atoms with Crippen molar-refractivity contribution in [1.82, 2.24) is 0 Å². The molecule has 0 bridgehead atoms. The highest BCUT2D eigenvalue weighted by Crippen LogP contribution is 2.51. The summed E-state index contributed by atoms with van der Waals surface area (Å²) in [6.45, 7) is 4.92. The van der Waals surface area contributed by atoms with Gasteiger partial charge < -0.3 is 4.90 Å². The Bertz CT molecular complexity index is 910. The molecule has 1 N–H and O–H groups in total. The monoisotopic (exact) mass is 405 g/mol. The maximum atomic E-state index is 11.2. The topological polar surface area (TPSA) is 57.6 Å². The standard InChI is InChI=1S/C21H27NO3S2/c1-3-8-16-10-6-13-19-20(16)22(14-7-15-27(23,24)25)18-12-5-11-17(9-4-2)21(18)26-19/h5-6,10-13H,3-4,7-9,14-15H2,1-2H3,(H,23,24,25). The van der Waals surface area contributed by atoms with Crippen LogP contribution >= 0.6 is 11.8 Å². The fourth-order valence-electron chi connectivity index (χ4n) is 3.66. The Morgan fingerprint density at radius 1 is 1.00 bits per heavy atom. The maximum absolute atomic E-state index is 11.2. The molecule has 0 saturated carbocycles. The SMILES string of the molecule is CCCc1cccc2c1Sc1cccc(CCC)c1N2CCCS(=O)(=O)O. The van der Waals surface area contributed by atoms with Crippen LogP contribution in [0.4, 0.5) is 11.4 Å². The number of benzene rings is 2. The van der Waals surface area contributed by atoms with Gasteiger partial charge in [-0.05, 0) is 42.5 Å². The third kappa shape index (κ3) is 4.68. The molecular formula is C21H27NO3S2. The second-order valence-electron chi connectivity index (χ2n) is 6.92. The van der Waals surface area contributed by atoms with Crippen LogP contribution < -0.4 is 4.90 Å². The van der Waals surface area contributed by atoms with Gasteiger partial charge in [0.1, 0.15) is 0 Å². The highest BCUT2D eigenvalue weighted by atomic mass is 32.2. The molecular weight excluding hydrogens is 378 g/mol. The fourth-order valence-corrected chi connectivity index (χ4v) is 5.45. The number of fused-ring (bicyclic) bond motifs is 2. The van der Waals surface area contributed by atoms with E-state index in [1.54, 1.807) is 0 Å². The number of nitrogens with zero attached hydrogens (tertiary/aromatic N) is 1. The molecule has 0 unspecified atom stereocenters. The minimum Gasteiger partial charge on any atom is -0.339 e. The molecule has 2 aromatic rings. The fraction of sp³-hybridized carbons (Fsp3) is 0.429. The molecule has 0 aromatic heterocycles. The van der Waals surface area contributed by atoms with E-state index >= 15 is 0 Å². The number of aryl methyl sites for hydroxylation is 2. The first-order chi connectivity index (χ1) is 12.9.